The molecule has 6 heteroatoms. The van der Waals surface area contributed by atoms with Crippen LogP contribution >= 0.6 is 0 Å². The summed E-state index contributed by atoms with van der Waals surface area (Å²) in [6.07, 6.45) is 2.37. The van der Waals surface area contributed by atoms with Crippen LogP contribution in [0.3, 0.4) is 0 Å². The minimum absolute atomic E-state index is 0.0813. The van der Waals surface area contributed by atoms with Crippen molar-refractivity contribution >= 4 is 33.3 Å². The predicted molar refractivity (Wildman–Crippen MR) is 83.2 cm³/mol. The molecule has 0 aliphatic rings. The molecule has 0 saturated carbocycles. The zero-order valence-electron chi connectivity index (χ0n) is 11.6. The number of carbonyl (C=O) groups is 1. The van der Waals surface area contributed by atoms with E-state index < -0.39 is 10.8 Å². The Kier molecular flexibility index (Phi) is 4.44. The summed E-state index contributed by atoms with van der Waals surface area (Å²) in [5, 5.41) is 3.82. The summed E-state index contributed by atoms with van der Waals surface area (Å²) in [4.78, 5) is 15.1. The molecule has 0 spiro atoms. The zero-order valence-corrected chi connectivity index (χ0v) is 12.4. The van der Waals surface area contributed by atoms with Gasteiger partial charge in [0.1, 0.15) is 5.69 Å². The van der Waals surface area contributed by atoms with Crippen LogP contribution in [-0.2, 0) is 10.8 Å². The van der Waals surface area contributed by atoms with E-state index >= 15 is 0 Å². The van der Waals surface area contributed by atoms with Crippen LogP contribution in [0, 0.1) is 0 Å². The van der Waals surface area contributed by atoms with Gasteiger partial charge in [-0.3, -0.25) is 9.00 Å². The molecule has 4 N–H and O–H groups in total. The molecule has 5 nitrogen and oxygen atoms in total. The number of hydrogen-bond donors (Lipinski definition) is 3. The van der Waals surface area contributed by atoms with Gasteiger partial charge in [-0.15, -0.1) is 0 Å². The Hall–Kier alpha value is -1.82. The lowest BCUT2D eigenvalue weighted by molar-refractivity contribution is 0.0949. The van der Waals surface area contributed by atoms with Crippen molar-refractivity contribution in [3.63, 3.8) is 0 Å². The summed E-state index contributed by atoms with van der Waals surface area (Å²) in [7, 11) is -0.858. The Labute approximate surface area is 120 Å². The molecular weight excluding hydrogens is 274 g/mol. The van der Waals surface area contributed by atoms with Crippen LogP contribution in [0.25, 0.3) is 10.9 Å². The molecule has 1 aromatic carbocycles. The van der Waals surface area contributed by atoms with Crippen molar-refractivity contribution in [2.75, 3.05) is 18.5 Å². The van der Waals surface area contributed by atoms with Crippen molar-refractivity contribution in [1.29, 1.82) is 0 Å². The Balaban J connectivity index is 1.99. The third kappa shape index (κ3) is 3.39. The van der Waals surface area contributed by atoms with Crippen LogP contribution in [-0.4, -0.2) is 33.2 Å². The second-order valence-electron chi connectivity index (χ2n) is 4.88. The first kappa shape index (κ1) is 14.6. The van der Waals surface area contributed by atoms with E-state index in [0.717, 1.165) is 10.9 Å². The lowest BCUT2D eigenvalue weighted by atomic mass is 10.2. The van der Waals surface area contributed by atoms with Gasteiger partial charge in [-0.2, -0.15) is 0 Å². The van der Waals surface area contributed by atoms with Crippen LogP contribution in [0.15, 0.2) is 24.3 Å². The Morgan fingerprint density at radius 3 is 2.90 bits per heavy atom. The molecule has 0 bridgehead atoms. The van der Waals surface area contributed by atoms with Crippen LogP contribution < -0.4 is 11.1 Å². The minimum atomic E-state index is -0.858. The number of aromatic nitrogens is 1. The molecule has 0 aliphatic heterocycles. The number of hydrogen-bond acceptors (Lipinski definition) is 3. The first-order chi connectivity index (χ1) is 9.47. The maximum atomic E-state index is 12.0. The van der Waals surface area contributed by atoms with Crippen LogP contribution in [0.4, 0.5) is 5.69 Å². The highest BCUT2D eigenvalue weighted by Crippen LogP contribution is 2.18. The van der Waals surface area contributed by atoms with Gasteiger partial charge in [0.25, 0.3) is 5.91 Å². The summed E-state index contributed by atoms with van der Waals surface area (Å²) in [5.41, 5.74) is 7.77. The Morgan fingerprint density at radius 2 is 2.20 bits per heavy atom. The number of anilines is 1. The number of aromatic amines is 1. The van der Waals surface area contributed by atoms with Gasteiger partial charge in [-0.25, -0.2) is 0 Å². The van der Waals surface area contributed by atoms with Gasteiger partial charge >= 0.3 is 0 Å². The third-order valence-electron chi connectivity index (χ3n) is 3.29. The second-order valence-corrected chi connectivity index (χ2v) is 6.69. The summed E-state index contributed by atoms with van der Waals surface area (Å²) < 4.78 is 11.2. The highest BCUT2D eigenvalue weighted by Gasteiger charge is 2.11. The average molecular weight is 293 g/mol. The molecule has 2 unspecified atom stereocenters. The van der Waals surface area contributed by atoms with Gasteiger partial charge in [0.2, 0.25) is 0 Å². The normalized spacial score (nSPS) is 14.1. The van der Waals surface area contributed by atoms with Crippen molar-refractivity contribution in [3.8, 4) is 0 Å². The van der Waals surface area contributed by atoms with E-state index in [4.69, 9.17) is 5.73 Å². The maximum absolute atomic E-state index is 12.0. The molecule has 0 radical (unpaired) electrons. The number of nitrogens with one attached hydrogen (secondary N) is 2. The van der Waals surface area contributed by atoms with E-state index in [2.05, 4.69) is 10.3 Å². The van der Waals surface area contributed by atoms with Crippen molar-refractivity contribution in [2.45, 2.75) is 18.6 Å². The number of benzene rings is 1. The highest BCUT2D eigenvalue weighted by atomic mass is 32.2. The molecule has 0 aliphatic carbocycles. The summed E-state index contributed by atoms with van der Waals surface area (Å²) in [5.74, 6) is -0.158. The van der Waals surface area contributed by atoms with Gasteiger partial charge in [0, 0.05) is 45.4 Å². The highest BCUT2D eigenvalue weighted by molar-refractivity contribution is 7.84. The monoisotopic (exact) mass is 293 g/mol. The fourth-order valence-electron chi connectivity index (χ4n) is 1.92. The number of amides is 1. The summed E-state index contributed by atoms with van der Waals surface area (Å²) in [6, 6.07) is 7.25. The topological polar surface area (TPSA) is 88.0 Å². The van der Waals surface area contributed by atoms with E-state index in [1.807, 2.05) is 19.1 Å². The van der Waals surface area contributed by atoms with Gasteiger partial charge in [-0.1, -0.05) is 6.92 Å². The quantitative estimate of drug-likeness (QED) is 0.732. The van der Waals surface area contributed by atoms with Crippen LogP contribution in [0.2, 0.25) is 0 Å². The van der Waals surface area contributed by atoms with E-state index in [1.54, 1.807) is 18.4 Å². The van der Waals surface area contributed by atoms with Gasteiger partial charge in [-0.05, 0) is 30.7 Å². The van der Waals surface area contributed by atoms with E-state index in [-0.39, 0.29) is 11.2 Å². The molecule has 2 aromatic rings. The molecule has 2 rings (SSSR count). The number of fused-ring (bicyclic) bond motifs is 1. The first-order valence-corrected chi connectivity index (χ1v) is 8.08. The second kappa shape index (κ2) is 6.09. The average Bonchev–Trinajstić information content (AvgIpc) is 2.81. The number of carbonyl (C=O) groups excluding carboxylic acids is 1. The van der Waals surface area contributed by atoms with Crippen LogP contribution in [0.5, 0.6) is 0 Å². The Bertz CT molecular complexity index is 651. The zero-order chi connectivity index (χ0) is 14.7. The van der Waals surface area contributed by atoms with Crippen molar-refractivity contribution < 1.29 is 9.00 Å². The lowest BCUT2D eigenvalue weighted by Gasteiger charge is -2.08. The fraction of sp³-hybridized carbons (Fsp3) is 0.357. The summed E-state index contributed by atoms with van der Waals surface area (Å²) >= 11 is 0. The number of nitrogens with two attached hydrogens (primary N) is 1. The van der Waals surface area contributed by atoms with Crippen molar-refractivity contribution in [1.82, 2.24) is 10.3 Å². The van der Waals surface area contributed by atoms with Crippen molar-refractivity contribution in [2.24, 2.45) is 0 Å². The maximum Gasteiger partial charge on any atom is 0.267 e. The molecule has 1 heterocycles. The molecule has 20 heavy (non-hydrogen) atoms. The molecule has 2 atom stereocenters. The lowest BCUT2D eigenvalue weighted by Crippen LogP contribution is -2.27. The number of nitrogen functional groups attached to an aromatic ring is 1. The molecule has 0 saturated heterocycles. The molecular formula is C14H19N3O2S. The predicted octanol–water partition coefficient (Wildman–Crippen LogP) is 1.64. The SMILES string of the molecule is CC(CCNC(=O)c1cc2cc(N)ccc2[nH]1)S(C)=O. The first-order valence-electron chi connectivity index (χ1n) is 6.46. The standard InChI is InChI=1S/C14H19N3O2S/c1-9(20(2)19)5-6-16-14(18)13-8-10-7-11(15)3-4-12(10)17-13/h3-4,7-9,17H,5-6,15H2,1-2H3,(H,16,18). The van der Waals surface area contributed by atoms with Gasteiger partial charge < -0.3 is 16.0 Å². The number of H-pyrrole nitrogens is 1. The van der Waals surface area contributed by atoms with E-state index in [0.29, 0.717) is 24.3 Å². The third-order valence-corrected chi connectivity index (χ3v) is 4.66. The van der Waals surface area contributed by atoms with Crippen LogP contribution in [0.1, 0.15) is 23.8 Å². The molecule has 108 valence electrons. The van der Waals surface area contributed by atoms with E-state index in [1.165, 1.54) is 0 Å². The minimum Gasteiger partial charge on any atom is -0.399 e. The van der Waals surface area contributed by atoms with Gasteiger partial charge in [0.15, 0.2) is 0 Å². The summed E-state index contributed by atoms with van der Waals surface area (Å²) in [6.45, 7) is 2.42. The molecule has 0 fully saturated rings. The van der Waals surface area contributed by atoms with E-state index in [9.17, 15) is 9.00 Å². The molecule has 1 aromatic heterocycles. The fourth-order valence-corrected chi connectivity index (χ4v) is 2.37. The smallest absolute Gasteiger partial charge is 0.267 e. The number of rotatable bonds is 5. The Morgan fingerprint density at radius 1 is 1.45 bits per heavy atom. The largest absolute Gasteiger partial charge is 0.399 e. The molecule has 1 amide bonds. The van der Waals surface area contributed by atoms with Crippen molar-refractivity contribution in [3.05, 3.63) is 30.0 Å². The van der Waals surface area contributed by atoms with Gasteiger partial charge in [0.05, 0.1) is 0 Å².